The van der Waals surface area contributed by atoms with Gasteiger partial charge in [0.05, 0.1) is 17.1 Å². The fourth-order valence-corrected chi connectivity index (χ4v) is 1.49. The summed E-state index contributed by atoms with van der Waals surface area (Å²) in [5, 5.41) is 10.7. The third-order valence-electron chi connectivity index (χ3n) is 2.99. The fourth-order valence-electron chi connectivity index (χ4n) is 1.49. The van der Waals surface area contributed by atoms with E-state index in [9.17, 15) is 10.1 Å². The molecule has 0 saturated carbocycles. The van der Waals surface area contributed by atoms with Crippen molar-refractivity contribution in [1.82, 2.24) is 0 Å². The van der Waals surface area contributed by atoms with E-state index in [-0.39, 0.29) is 17.8 Å². The lowest BCUT2D eigenvalue weighted by Gasteiger charge is -2.23. The molecule has 19 heavy (non-hydrogen) atoms. The Morgan fingerprint density at radius 3 is 2.63 bits per heavy atom. The van der Waals surface area contributed by atoms with E-state index in [0.29, 0.717) is 24.3 Å². The molecule has 0 aromatic heterocycles. The summed E-state index contributed by atoms with van der Waals surface area (Å²) in [5.74, 6) is 0.583. The Hall–Kier alpha value is -1.66. The molecule has 0 unspecified atom stereocenters. The Morgan fingerprint density at radius 1 is 1.42 bits per heavy atom. The van der Waals surface area contributed by atoms with E-state index in [1.165, 1.54) is 12.1 Å². The average Bonchev–Trinajstić information content (AvgIpc) is 2.38. The Balaban J connectivity index is 2.71. The van der Waals surface area contributed by atoms with Crippen molar-refractivity contribution in [3.8, 4) is 5.75 Å². The zero-order valence-electron chi connectivity index (χ0n) is 11.5. The molecule has 0 radical (unpaired) electrons. The van der Waals surface area contributed by atoms with Crippen molar-refractivity contribution >= 4 is 5.69 Å². The number of benzene rings is 1. The van der Waals surface area contributed by atoms with Gasteiger partial charge in [-0.25, -0.2) is 0 Å². The van der Waals surface area contributed by atoms with E-state index >= 15 is 0 Å². The van der Waals surface area contributed by atoms with Crippen molar-refractivity contribution in [1.29, 1.82) is 0 Å². The summed E-state index contributed by atoms with van der Waals surface area (Å²) in [6.45, 7) is 4.60. The molecular weight excluding hydrogens is 248 g/mol. The number of methoxy groups -OCH3 is 1. The highest BCUT2D eigenvalue weighted by molar-refractivity contribution is 5.43. The third kappa shape index (κ3) is 4.50. The molecule has 0 aliphatic rings. The molecule has 0 aliphatic heterocycles. The van der Waals surface area contributed by atoms with Crippen LogP contribution in [0.5, 0.6) is 5.75 Å². The van der Waals surface area contributed by atoms with Crippen LogP contribution in [-0.2, 0) is 11.3 Å². The predicted molar refractivity (Wildman–Crippen MR) is 72.2 cm³/mol. The molecule has 0 saturated heterocycles. The van der Waals surface area contributed by atoms with Crippen LogP contribution in [0.2, 0.25) is 0 Å². The van der Waals surface area contributed by atoms with Crippen LogP contribution in [0.15, 0.2) is 18.2 Å². The summed E-state index contributed by atoms with van der Waals surface area (Å²) >= 11 is 0. The van der Waals surface area contributed by atoms with Crippen LogP contribution in [-0.4, -0.2) is 24.2 Å². The predicted octanol–water partition coefficient (Wildman–Crippen LogP) is 2.25. The second kappa shape index (κ2) is 6.49. The Kier molecular flexibility index (Phi) is 5.26. The van der Waals surface area contributed by atoms with Crippen molar-refractivity contribution < 1.29 is 14.4 Å². The topological polar surface area (TPSA) is 87.6 Å². The molecule has 0 bridgehead atoms. The molecule has 1 rings (SSSR count). The van der Waals surface area contributed by atoms with Crippen molar-refractivity contribution in [2.45, 2.75) is 32.4 Å². The quantitative estimate of drug-likeness (QED) is 0.605. The van der Waals surface area contributed by atoms with Gasteiger partial charge in [0.1, 0.15) is 5.75 Å². The molecule has 1 aromatic rings. The molecule has 1 aromatic carbocycles. The molecule has 0 fully saturated rings. The van der Waals surface area contributed by atoms with Crippen LogP contribution in [0.1, 0.15) is 25.8 Å². The van der Waals surface area contributed by atoms with E-state index in [4.69, 9.17) is 15.2 Å². The summed E-state index contributed by atoms with van der Waals surface area (Å²) < 4.78 is 10.9. The first-order valence-electron chi connectivity index (χ1n) is 6.05. The first kappa shape index (κ1) is 15.4. The van der Waals surface area contributed by atoms with Gasteiger partial charge in [-0.2, -0.15) is 0 Å². The Labute approximate surface area is 112 Å². The zero-order chi connectivity index (χ0) is 14.5. The summed E-state index contributed by atoms with van der Waals surface area (Å²) in [5.41, 5.74) is 5.96. The highest BCUT2D eigenvalue weighted by Crippen LogP contribution is 2.24. The molecule has 0 atom stereocenters. The number of nitro groups is 1. The monoisotopic (exact) mass is 268 g/mol. The van der Waals surface area contributed by atoms with Crippen molar-refractivity contribution in [2.24, 2.45) is 5.73 Å². The van der Waals surface area contributed by atoms with Gasteiger partial charge in [-0.05, 0) is 19.9 Å². The van der Waals surface area contributed by atoms with Gasteiger partial charge in [-0.1, -0.05) is 0 Å². The van der Waals surface area contributed by atoms with E-state index < -0.39 is 4.92 Å². The van der Waals surface area contributed by atoms with E-state index in [0.717, 1.165) is 0 Å². The van der Waals surface area contributed by atoms with E-state index in [1.54, 1.807) is 13.2 Å². The summed E-state index contributed by atoms with van der Waals surface area (Å²) in [7, 11) is 1.65. The van der Waals surface area contributed by atoms with Crippen LogP contribution in [0.4, 0.5) is 5.69 Å². The molecule has 106 valence electrons. The largest absolute Gasteiger partial charge is 0.493 e. The van der Waals surface area contributed by atoms with Crippen molar-refractivity contribution in [3.63, 3.8) is 0 Å². The van der Waals surface area contributed by atoms with Gasteiger partial charge < -0.3 is 15.2 Å². The van der Waals surface area contributed by atoms with Gasteiger partial charge in [-0.3, -0.25) is 10.1 Å². The number of non-ortho nitro benzene ring substituents is 1. The van der Waals surface area contributed by atoms with Crippen molar-refractivity contribution in [2.75, 3.05) is 13.7 Å². The second-order valence-electron chi connectivity index (χ2n) is 4.82. The van der Waals surface area contributed by atoms with Crippen LogP contribution >= 0.6 is 0 Å². The first-order valence-corrected chi connectivity index (χ1v) is 6.05. The lowest BCUT2D eigenvalue weighted by atomic mass is 10.1. The lowest BCUT2D eigenvalue weighted by Crippen LogP contribution is -2.25. The molecule has 6 heteroatoms. The maximum Gasteiger partial charge on any atom is 0.270 e. The SMILES string of the molecule is COC(C)(C)CCOc1ccc([N+](=O)[O-])cc1CN. The number of nitro benzene ring substituents is 1. The van der Waals surface area contributed by atoms with Gasteiger partial charge >= 0.3 is 0 Å². The smallest absolute Gasteiger partial charge is 0.270 e. The third-order valence-corrected chi connectivity index (χ3v) is 2.99. The minimum atomic E-state index is -0.447. The molecule has 2 N–H and O–H groups in total. The molecule has 6 nitrogen and oxygen atoms in total. The average molecular weight is 268 g/mol. The molecular formula is C13H20N2O4. The number of rotatable bonds is 7. The second-order valence-corrected chi connectivity index (χ2v) is 4.82. The fraction of sp³-hybridized carbons (Fsp3) is 0.538. The highest BCUT2D eigenvalue weighted by atomic mass is 16.6. The summed E-state index contributed by atoms with van der Waals surface area (Å²) in [4.78, 5) is 10.2. The molecule has 0 heterocycles. The highest BCUT2D eigenvalue weighted by Gasteiger charge is 2.17. The van der Waals surface area contributed by atoms with Crippen LogP contribution < -0.4 is 10.5 Å². The Bertz CT molecular complexity index is 446. The van der Waals surface area contributed by atoms with Crippen molar-refractivity contribution in [3.05, 3.63) is 33.9 Å². The van der Waals surface area contributed by atoms with Gasteiger partial charge in [-0.15, -0.1) is 0 Å². The van der Waals surface area contributed by atoms with Crippen LogP contribution in [0.3, 0.4) is 0 Å². The van der Waals surface area contributed by atoms with Crippen LogP contribution in [0.25, 0.3) is 0 Å². The number of nitrogens with zero attached hydrogens (tertiary/aromatic N) is 1. The number of hydrogen-bond donors (Lipinski definition) is 1. The number of nitrogens with two attached hydrogens (primary N) is 1. The van der Waals surface area contributed by atoms with Gasteiger partial charge in [0.15, 0.2) is 0 Å². The van der Waals surface area contributed by atoms with Gasteiger partial charge in [0.25, 0.3) is 5.69 Å². The molecule has 0 aliphatic carbocycles. The Morgan fingerprint density at radius 2 is 2.11 bits per heavy atom. The van der Waals surface area contributed by atoms with Crippen LogP contribution in [0, 0.1) is 10.1 Å². The number of hydrogen-bond acceptors (Lipinski definition) is 5. The minimum absolute atomic E-state index is 0.0185. The van der Waals surface area contributed by atoms with E-state index in [1.807, 2.05) is 13.8 Å². The number of ether oxygens (including phenoxy) is 2. The maximum absolute atomic E-state index is 10.7. The summed E-state index contributed by atoms with van der Waals surface area (Å²) in [6, 6.07) is 4.44. The lowest BCUT2D eigenvalue weighted by molar-refractivity contribution is -0.384. The first-order chi connectivity index (χ1) is 8.89. The molecule has 0 spiro atoms. The zero-order valence-corrected chi connectivity index (χ0v) is 11.5. The summed E-state index contributed by atoms with van der Waals surface area (Å²) in [6.07, 6.45) is 0.713. The van der Waals surface area contributed by atoms with E-state index in [2.05, 4.69) is 0 Å². The maximum atomic E-state index is 10.7. The standard InChI is InChI=1S/C13H20N2O4/c1-13(2,18-3)6-7-19-12-5-4-11(15(16)17)8-10(12)9-14/h4-5,8H,6-7,9,14H2,1-3H3. The normalized spacial score (nSPS) is 11.4. The minimum Gasteiger partial charge on any atom is -0.493 e. The van der Waals surface area contributed by atoms with Gasteiger partial charge in [0.2, 0.25) is 0 Å². The molecule has 0 amide bonds. The van der Waals surface area contributed by atoms with Gasteiger partial charge in [0, 0.05) is 37.8 Å².